The van der Waals surface area contributed by atoms with Crippen molar-refractivity contribution in [3.05, 3.63) is 57.4 Å². The molecule has 0 amide bonds. The van der Waals surface area contributed by atoms with Crippen molar-refractivity contribution in [2.75, 3.05) is 13.1 Å². The molecule has 1 aliphatic heterocycles. The zero-order chi connectivity index (χ0) is 12.3. The van der Waals surface area contributed by atoms with Crippen molar-refractivity contribution in [1.82, 2.24) is 10.2 Å². The van der Waals surface area contributed by atoms with E-state index < -0.39 is 4.92 Å². The van der Waals surface area contributed by atoms with Crippen LogP contribution >= 0.6 is 0 Å². The highest BCUT2D eigenvalue weighted by Crippen LogP contribution is 2.11. The van der Waals surface area contributed by atoms with Gasteiger partial charge in [0.25, 0.3) is 6.20 Å². The maximum atomic E-state index is 11.1. The van der Waals surface area contributed by atoms with Crippen LogP contribution in [-0.4, -0.2) is 22.9 Å². The largest absolute Gasteiger partial charge is 0.619 e. The van der Waals surface area contributed by atoms with Gasteiger partial charge in [-0.3, -0.25) is 10.1 Å². The summed E-state index contributed by atoms with van der Waals surface area (Å²) in [5.41, 5.74) is 0.820. The van der Waals surface area contributed by atoms with Crippen LogP contribution in [0.1, 0.15) is 5.56 Å². The summed E-state index contributed by atoms with van der Waals surface area (Å²) in [5.74, 6) is 0.483. The molecule has 1 N–H and O–H groups in total. The molecule has 7 nitrogen and oxygen atoms in total. The Morgan fingerprint density at radius 2 is 2.47 bits per heavy atom. The first-order valence-corrected chi connectivity index (χ1v) is 5.17. The maximum Gasteiger partial charge on any atom is 0.274 e. The fourth-order valence-electron chi connectivity index (χ4n) is 1.76. The van der Waals surface area contributed by atoms with Crippen LogP contribution in [-0.2, 0) is 6.54 Å². The van der Waals surface area contributed by atoms with Gasteiger partial charge in [-0.1, -0.05) is 0 Å². The molecule has 2 rings (SSSR count). The first-order chi connectivity index (χ1) is 8.15. The zero-order valence-corrected chi connectivity index (χ0v) is 9.07. The standard InChI is InChI=1S/C10H12N4O3/c15-13-4-1-2-9(7-13)6-12-5-3-11-10(12)8-14(16)17/h1-2,4,7-8,11H,3,5-6H2/b10-8+. The number of nitrogens with zero attached hydrogens (tertiary/aromatic N) is 3. The van der Waals surface area contributed by atoms with Gasteiger partial charge in [0.2, 0.25) is 0 Å². The lowest BCUT2D eigenvalue weighted by Crippen LogP contribution is -2.27. The highest BCUT2D eigenvalue weighted by molar-refractivity contribution is 5.09. The maximum absolute atomic E-state index is 11.1. The predicted molar refractivity (Wildman–Crippen MR) is 58.9 cm³/mol. The van der Waals surface area contributed by atoms with Gasteiger partial charge < -0.3 is 15.4 Å². The van der Waals surface area contributed by atoms with E-state index in [1.54, 1.807) is 6.07 Å². The van der Waals surface area contributed by atoms with Crippen LogP contribution < -0.4 is 10.0 Å². The third-order valence-corrected chi connectivity index (χ3v) is 2.47. The van der Waals surface area contributed by atoms with Crippen LogP contribution in [0.25, 0.3) is 0 Å². The Kier molecular flexibility index (Phi) is 3.08. The van der Waals surface area contributed by atoms with Crippen LogP contribution in [0.4, 0.5) is 0 Å². The van der Waals surface area contributed by atoms with Gasteiger partial charge >= 0.3 is 0 Å². The van der Waals surface area contributed by atoms with Crippen LogP contribution in [0, 0.1) is 15.3 Å². The lowest BCUT2D eigenvalue weighted by atomic mass is 10.2. The van der Waals surface area contributed by atoms with Gasteiger partial charge in [0.15, 0.2) is 18.2 Å². The van der Waals surface area contributed by atoms with E-state index in [2.05, 4.69) is 5.32 Å². The minimum atomic E-state index is -0.487. The van der Waals surface area contributed by atoms with Crippen LogP contribution in [0.2, 0.25) is 0 Å². The molecule has 1 aromatic rings. The average Bonchev–Trinajstić information content (AvgIpc) is 2.65. The first kappa shape index (κ1) is 11.2. The lowest BCUT2D eigenvalue weighted by molar-refractivity contribution is -0.605. The Labute approximate surface area is 97.7 Å². The normalized spacial score (nSPS) is 17.2. The molecule has 1 saturated heterocycles. The molecule has 1 aliphatic rings. The van der Waals surface area contributed by atoms with Crippen molar-refractivity contribution >= 4 is 0 Å². The summed E-state index contributed by atoms with van der Waals surface area (Å²) in [6.07, 6.45) is 3.81. The minimum absolute atomic E-state index is 0.482. The number of pyridine rings is 1. The highest BCUT2D eigenvalue weighted by Gasteiger charge is 2.19. The molecule has 0 radical (unpaired) electrons. The van der Waals surface area contributed by atoms with E-state index in [1.807, 2.05) is 11.0 Å². The van der Waals surface area contributed by atoms with Crippen molar-refractivity contribution in [3.63, 3.8) is 0 Å². The summed E-state index contributed by atoms with van der Waals surface area (Å²) in [7, 11) is 0. The number of rotatable bonds is 3. The Balaban J connectivity index is 2.10. The van der Waals surface area contributed by atoms with Gasteiger partial charge in [-0.2, -0.15) is 4.73 Å². The second-order valence-corrected chi connectivity index (χ2v) is 3.72. The monoisotopic (exact) mass is 236 g/mol. The van der Waals surface area contributed by atoms with E-state index >= 15 is 0 Å². The number of hydrogen-bond acceptors (Lipinski definition) is 5. The summed E-state index contributed by atoms with van der Waals surface area (Å²) < 4.78 is 0.718. The van der Waals surface area contributed by atoms with E-state index in [0.717, 1.165) is 16.5 Å². The van der Waals surface area contributed by atoms with Crippen LogP contribution in [0.3, 0.4) is 0 Å². The third-order valence-electron chi connectivity index (χ3n) is 2.47. The van der Waals surface area contributed by atoms with E-state index in [1.165, 1.54) is 12.4 Å². The van der Waals surface area contributed by atoms with Gasteiger partial charge in [0.1, 0.15) is 0 Å². The van der Waals surface area contributed by atoms with Gasteiger partial charge in [-0.25, -0.2) is 0 Å². The number of aromatic nitrogens is 1. The molecule has 2 heterocycles. The molecule has 90 valence electrons. The van der Waals surface area contributed by atoms with Crippen molar-refractivity contribution < 1.29 is 9.65 Å². The fourth-order valence-corrected chi connectivity index (χ4v) is 1.76. The molecule has 0 atom stereocenters. The summed E-state index contributed by atoms with van der Waals surface area (Å²) in [5, 5.41) is 24.4. The Bertz CT molecular complexity index is 461. The SMILES string of the molecule is O=[N+]([O-])/C=C1\NCCN1Cc1ccc[n+]([O-])c1. The lowest BCUT2D eigenvalue weighted by Gasteiger charge is -2.16. The molecule has 0 aliphatic carbocycles. The van der Waals surface area contributed by atoms with Gasteiger partial charge in [-0.05, 0) is 6.07 Å². The Morgan fingerprint density at radius 3 is 3.18 bits per heavy atom. The molecule has 1 fully saturated rings. The first-order valence-electron chi connectivity index (χ1n) is 5.17. The van der Waals surface area contributed by atoms with Crippen molar-refractivity contribution in [3.8, 4) is 0 Å². The summed E-state index contributed by atoms with van der Waals surface area (Å²) in [6, 6.07) is 3.47. The Hall–Kier alpha value is -2.31. The molecular weight excluding hydrogens is 224 g/mol. The van der Waals surface area contributed by atoms with E-state index in [0.29, 0.717) is 25.5 Å². The van der Waals surface area contributed by atoms with Gasteiger partial charge in [0, 0.05) is 24.7 Å². The van der Waals surface area contributed by atoms with Crippen LogP contribution in [0.15, 0.2) is 36.5 Å². The summed E-state index contributed by atoms with van der Waals surface area (Å²) in [6.45, 7) is 1.84. The quantitative estimate of drug-likeness (QED) is 0.340. The zero-order valence-electron chi connectivity index (χ0n) is 9.07. The second kappa shape index (κ2) is 4.69. The Morgan fingerprint density at radius 1 is 1.65 bits per heavy atom. The average molecular weight is 236 g/mol. The molecular formula is C10H12N4O3. The van der Waals surface area contributed by atoms with Gasteiger partial charge in [-0.15, -0.1) is 0 Å². The topological polar surface area (TPSA) is 85.4 Å². The molecule has 17 heavy (non-hydrogen) atoms. The molecule has 1 aromatic heterocycles. The van der Waals surface area contributed by atoms with Crippen LogP contribution in [0.5, 0.6) is 0 Å². The van der Waals surface area contributed by atoms with Crippen molar-refractivity contribution in [1.29, 1.82) is 0 Å². The minimum Gasteiger partial charge on any atom is -0.619 e. The second-order valence-electron chi connectivity index (χ2n) is 3.72. The summed E-state index contributed by atoms with van der Waals surface area (Å²) >= 11 is 0. The molecule has 0 aromatic carbocycles. The summed E-state index contributed by atoms with van der Waals surface area (Å²) in [4.78, 5) is 11.8. The third kappa shape index (κ3) is 2.83. The fraction of sp³-hybridized carbons (Fsp3) is 0.300. The number of nitro groups is 1. The van der Waals surface area contributed by atoms with Crippen molar-refractivity contribution in [2.24, 2.45) is 0 Å². The molecule has 0 unspecified atom stereocenters. The van der Waals surface area contributed by atoms with Crippen molar-refractivity contribution in [2.45, 2.75) is 6.54 Å². The van der Waals surface area contributed by atoms with Gasteiger partial charge in [0.05, 0.1) is 11.5 Å². The highest BCUT2D eigenvalue weighted by atomic mass is 16.6. The smallest absolute Gasteiger partial charge is 0.274 e. The number of hydrogen-bond donors (Lipinski definition) is 1. The van der Waals surface area contributed by atoms with E-state index in [9.17, 15) is 15.3 Å². The predicted octanol–water partition coefficient (Wildman–Crippen LogP) is -0.199. The molecule has 0 spiro atoms. The van der Waals surface area contributed by atoms with E-state index in [4.69, 9.17) is 0 Å². The van der Waals surface area contributed by atoms with E-state index in [-0.39, 0.29) is 0 Å². The molecule has 0 bridgehead atoms. The molecule has 0 saturated carbocycles. The molecule has 7 heteroatoms. The number of nitrogens with one attached hydrogen (secondary N) is 1.